The molecule has 1 aliphatic heterocycles. The predicted molar refractivity (Wildman–Crippen MR) is 92.0 cm³/mol. The third-order valence-corrected chi connectivity index (χ3v) is 6.09. The smallest absolute Gasteiger partial charge is 0.222 e. The lowest BCUT2D eigenvalue weighted by molar-refractivity contribution is -0.122. The summed E-state index contributed by atoms with van der Waals surface area (Å²) >= 11 is 0. The number of hydrogen-bond donors (Lipinski definition) is 2. The molecule has 1 heterocycles. The van der Waals surface area contributed by atoms with Gasteiger partial charge in [0.15, 0.2) is 9.84 Å². The topological polar surface area (TPSA) is 89.3 Å². The molecule has 0 aromatic heterocycles. The molecule has 1 amide bonds. The summed E-state index contributed by atoms with van der Waals surface area (Å²) in [4.78, 5) is 12.6. The first-order chi connectivity index (χ1) is 11.5. The van der Waals surface area contributed by atoms with Gasteiger partial charge in [-0.15, -0.1) is 0 Å². The first-order valence-corrected chi connectivity index (χ1v) is 9.54. The van der Waals surface area contributed by atoms with Gasteiger partial charge in [-0.2, -0.15) is 0 Å². The summed E-state index contributed by atoms with van der Waals surface area (Å²) in [7, 11) is -3.25. The van der Waals surface area contributed by atoms with E-state index in [1.807, 2.05) is 30.3 Å². The van der Waals surface area contributed by atoms with E-state index < -0.39 is 9.84 Å². The minimum absolute atomic E-state index is 0.0414. The van der Waals surface area contributed by atoms with Gasteiger partial charge < -0.3 is 11.1 Å². The maximum Gasteiger partial charge on any atom is 0.222 e. The predicted octanol–water partition coefficient (Wildman–Crippen LogP) is 2.11. The summed E-state index contributed by atoms with van der Waals surface area (Å²) in [6.07, 6.45) is 0.543. The third-order valence-electron chi connectivity index (χ3n) is 4.27. The van der Waals surface area contributed by atoms with Crippen LogP contribution in [0.25, 0.3) is 0 Å². The van der Waals surface area contributed by atoms with Gasteiger partial charge in [-0.05, 0) is 23.6 Å². The van der Waals surface area contributed by atoms with Crippen LogP contribution in [0.3, 0.4) is 0 Å². The molecule has 0 saturated carbocycles. The van der Waals surface area contributed by atoms with Crippen LogP contribution in [0.1, 0.15) is 36.1 Å². The van der Waals surface area contributed by atoms with Crippen LogP contribution in [0, 0.1) is 0 Å². The standard InChI is InChI=1S/C18H20N2O3S/c19-15(13-6-2-1-3-7-13)12-18(21)20-16-10-11-24(22,23)17-9-5-4-8-14(16)17/h1-9,15-16H,10-12,19H2,(H,20,21). The van der Waals surface area contributed by atoms with E-state index in [-0.39, 0.29) is 30.2 Å². The highest BCUT2D eigenvalue weighted by atomic mass is 32.2. The van der Waals surface area contributed by atoms with Crippen molar-refractivity contribution in [2.45, 2.75) is 29.8 Å². The molecule has 24 heavy (non-hydrogen) atoms. The van der Waals surface area contributed by atoms with Gasteiger partial charge in [0, 0.05) is 12.5 Å². The van der Waals surface area contributed by atoms with Gasteiger partial charge in [-0.3, -0.25) is 4.79 Å². The third kappa shape index (κ3) is 3.49. The van der Waals surface area contributed by atoms with Crippen LogP contribution < -0.4 is 11.1 Å². The fourth-order valence-corrected chi connectivity index (χ4v) is 4.63. The van der Waals surface area contributed by atoms with Gasteiger partial charge in [0.05, 0.1) is 16.7 Å². The number of sulfone groups is 1. The SMILES string of the molecule is NC(CC(=O)NC1CCS(=O)(=O)c2ccccc21)c1ccccc1. The average molecular weight is 344 g/mol. The van der Waals surface area contributed by atoms with Gasteiger partial charge in [-0.1, -0.05) is 48.5 Å². The van der Waals surface area contributed by atoms with E-state index in [0.29, 0.717) is 16.9 Å². The van der Waals surface area contributed by atoms with E-state index in [4.69, 9.17) is 5.73 Å². The molecule has 2 unspecified atom stereocenters. The van der Waals surface area contributed by atoms with Crippen molar-refractivity contribution >= 4 is 15.7 Å². The summed E-state index contributed by atoms with van der Waals surface area (Å²) in [6, 6.07) is 15.6. The molecule has 0 saturated heterocycles. The van der Waals surface area contributed by atoms with Gasteiger partial charge in [0.25, 0.3) is 0 Å². The molecule has 6 heteroatoms. The molecule has 0 aliphatic carbocycles. The lowest BCUT2D eigenvalue weighted by Crippen LogP contribution is -2.35. The summed E-state index contributed by atoms with van der Waals surface area (Å²) in [5.41, 5.74) is 7.64. The highest BCUT2D eigenvalue weighted by Crippen LogP contribution is 2.32. The molecular formula is C18H20N2O3S. The van der Waals surface area contributed by atoms with Crippen molar-refractivity contribution in [2.24, 2.45) is 5.73 Å². The second-order valence-corrected chi connectivity index (χ2v) is 8.06. The number of amides is 1. The molecule has 0 spiro atoms. The van der Waals surface area contributed by atoms with E-state index in [1.165, 1.54) is 0 Å². The maximum absolute atomic E-state index is 12.3. The molecule has 126 valence electrons. The van der Waals surface area contributed by atoms with Crippen molar-refractivity contribution in [3.8, 4) is 0 Å². The maximum atomic E-state index is 12.3. The first-order valence-electron chi connectivity index (χ1n) is 7.89. The first kappa shape index (κ1) is 16.7. The lowest BCUT2D eigenvalue weighted by atomic mass is 10.0. The molecule has 0 radical (unpaired) electrons. The van der Waals surface area contributed by atoms with Crippen molar-refractivity contribution in [1.29, 1.82) is 0 Å². The Morgan fingerprint density at radius 3 is 2.54 bits per heavy atom. The Kier molecular flexibility index (Phi) is 4.69. The summed E-state index contributed by atoms with van der Waals surface area (Å²) < 4.78 is 24.3. The van der Waals surface area contributed by atoms with Crippen LogP contribution in [0.15, 0.2) is 59.5 Å². The van der Waals surface area contributed by atoms with E-state index in [2.05, 4.69) is 5.32 Å². The van der Waals surface area contributed by atoms with Gasteiger partial charge in [0.2, 0.25) is 5.91 Å². The molecule has 0 fully saturated rings. The average Bonchev–Trinajstić information content (AvgIpc) is 2.58. The molecule has 2 atom stereocenters. The fraction of sp³-hybridized carbons (Fsp3) is 0.278. The van der Waals surface area contributed by atoms with E-state index in [1.54, 1.807) is 24.3 Å². The molecule has 3 N–H and O–H groups in total. The van der Waals surface area contributed by atoms with Crippen molar-refractivity contribution in [2.75, 3.05) is 5.75 Å². The van der Waals surface area contributed by atoms with Crippen LogP contribution in [-0.4, -0.2) is 20.1 Å². The van der Waals surface area contributed by atoms with Crippen LogP contribution in [-0.2, 0) is 14.6 Å². The number of carbonyl (C=O) groups is 1. The Morgan fingerprint density at radius 1 is 1.12 bits per heavy atom. The summed E-state index contributed by atoms with van der Waals surface area (Å²) in [5.74, 6) is -0.134. The second-order valence-electron chi connectivity index (χ2n) is 5.99. The number of carbonyl (C=O) groups excluding carboxylic acids is 1. The molecule has 2 aromatic rings. The molecule has 1 aliphatic rings. The Hall–Kier alpha value is -2.18. The van der Waals surface area contributed by atoms with Crippen LogP contribution in [0.2, 0.25) is 0 Å². The number of hydrogen-bond acceptors (Lipinski definition) is 4. The second kappa shape index (κ2) is 6.75. The van der Waals surface area contributed by atoms with Crippen LogP contribution in [0.5, 0.6) is 0 Å². The zero-order chi connectivity index (χ0) is 17.2. The van der Waals surface area contributed by atoms with E-state index in [0.717, 1.165) is 5.56 Å². The monoisotopic (exact) mass is 344 g/mol. The Morgan fingerprint density at radius 2 is 1.79 bits per heavy atom. The Labute approximate surface area is 141 Å². The highest BCUT2D eigenvalue weighted by molar-refractivity contribution is 7.91. The lowest BCUT2D eigenvalue weighted by Gasteiger charge is -2.26. The summed E-state index contributed by atoms with van der Waals surface area (Å²) in [5, 5.41) is 2.93. The molecule has 5 nitrogen and oxygen atoms in total. The van der Waals surface area contributed by atoms with Crippen molar-refractivity contribution in [3.63, 3.8) is 0 Å². The number of benzene rings is 2. The molecule has 2 aromatic carbocycles. The van der Waals surface area contributed by atoms with E-state index in [9.17, 15) is 13.2 Å². The van der Waals surface area contributed by atoms with Crippen LogP contribution >= 0.6 is 0 Å². The number of rotatable bonds is 4. The number of nitrogens with two attached hydrogens (primary N) is 1. The zero-order valence-corrected chi connectivity index (χ0v) is 14.0. The quantitative estimate of drug-likeness (QED) is 0.889. The minimum atomic E-state index is -3.25. The van der Waals surface area contributed by atoms with Crippen molar-refractivity contribution < 1.29 is 13.2 Å². The molecule has 3 rings (SSSR count). The zero-order valence-electron chi connectivity index (χ0n) is 13.2. The highest BCUT2D eigenvalue weighted by Gasteiger charge is 2.30. The van der Waals surface area contributed by atoms with E-state index >= 15 is 0 Å². The van der Waals surface area contributed by atoms with Gasteiger partial charge >= 0.3 is 0 Å². The Bertz CT molecular complexity index is 834. The normalized spacial score (nSPS) is 20.0. The molecule has 0 bridgehead atoms. The molecular weight excluding hydrogens is 324 g/mol. The largest absolute Gasteiger partial charge is 0.349 e. The number of nitrogens with one attached hydrogen (secondary N) is 1. The summed E-state index contributed by atoms with van der Waals surface area (Å²) in [6.45, 7) is 0. The Balaban J connectivity index is 1.71. The van der Waals surface area contributed by atoms with Crippen molar-refractivity contribution in [1.82, 2.24) is 5.32 Å². The van der Waals surface area contributed by atoms with Gasteiger partial charge in [0.1, 0.15) is 0 Å². The van der Waals surface area contributed by atoms with Crippen LogP contribution in [0.4, 0.5) is 0 Å². The minimum Gasteiger partial charge on any atom is -0.349 e. The van der Waals surface area contributed by atoms with Crippen molar-refractivity contribution in [3.05, 3.63) is 65.7 Å². The fourth-order valence-electron chi connectivity index (χ4n) is 3.01. The number of fused-ring (bicyclic) bond motifs is 1. The van der Waals surface area contributed by atoms with Gasteiger partial charge in [-0.25, -0.2) is 8.42 Å².